The largest absolute Gasteiger partial charge is 0.411 e. The van der Waals surface area contributed by atoms with E-state index in [-0.39, 0.29) is 5.54 Å². The van der Waals surface area contributed by atoms with E-state index in [2.05, 4.69) is 22.2 Å². The van der Waals surface area contributed by atoms with Crippen molar-refractivity contribution in [1.82, 2.24) is 4.90 Å². The molecule has 3 nitrogen and oxygen atoms in total. The zero-order valence-electron chi connectivity index (χ0n) is 9.54. The fourth-order valence-corrected chi connectivity index (χ4v) is 3.34. The lowest BCUT2D eigenvalue weighted by Crippen LogP contribution is -2.45. The zero-order valence-corrected chi connectivity index (χ0v) is 11.2. The Kier molecular flexibility index (Phi) is 3.69. The first-order valence-corrected chi connectivity index (χ1v) is 6.72. The molecule has 1 heterocycles. The first kappa shape index (κ1) is 12.4. The molecule has 90 valence electrons. The van der Waals surface area contributed by atoms with Crippen LogP contribution >= 0.6 is 24.0 Å². The topological polar surface area (TPSA) is 35.8 Å². The molecule has 1 aromatic rings. The van der Waals surface area contributed by atoms with E-state index in [0.717, 1.165) is 16.6 Å². The van der Waals surface area contributed by atoms with Crippen LogP contribution in [-0.4, -0.2) is 31.9 Å². The van der Waals surface area contributed by atoms with Gasteiger partial charge in [0.25, 0.3) is 0 Å². The van der Waals surface area contributed by atoms with E-state index >= 15 is 0 Å². The molecule has 1 aliphatic rings. The molecule has 1 fully saturated rings. The Labute approximate surface area is 111 Å². The summed E-state index contributed by atoms with van der Waals surface area (Å²) in [5, 5.41) is 11.9. The number of thiocarbonyl (C=S) groups is 1. The summed E-state index contributed by atoms with van der Waals surface area (Å²) in [7, 11) is 0. The molecule has 5 heteroatoms. The zero-order chi connectivity index (χ0) is 12.3. The third-order valence-corrected chi connectivity index (χ3v) is 4.61. The van der Waals surface area contributed by atoms with Crippen molar-refractivity contribution in [2.45, 2.75) is 19.0 Å². The molecule has 0 aliphatic carbocycles. The Morgan fingerprint density at radius 1 is 1.53 bits per heavy atom. The smallest absolute Gasteiger partial charge is 0.137 e. The predicted molar refractivity (Wildman–Crippen MR) is 75.7 cm³/mol. The lowest BCUT2D eigenvalue weighted by atomic mass is 10.0. The Hall–Kier alpha value is -1.07. The van der Waals surface area contributed by atoms with Gasteiger partial charge in [-0.2, -0.15) is 0 Å². The highest BCUT2D eigenvalue weighted by Crippen LogP contribution is 2.33. The summed E-state index contributed by atoms with van der Waals surface area (Å²) in [6.07, 6.45) is 1.56. The van der Waals surface area contributed by atoms with Crippen LogP contribution in [0.5, 0.6) is 0 Å². The number of oxime groups is 1. The number of thioether (sulfide) groups is 1. The van der Waals surface area contributed by atoms with Crippen LogP contribution in [0.1, 0.15) is 12.5 Å². The van der Waals surface area contributed by atoms with Crippen molar-refractivity contribution in [2.24, 2.45) is 5.16 Å². The van der Waals surface area contributed by atoms with Crippen LogP contribution in [0.15, 0.2) is 35.5 Å². The van der Waals surface area contributed by atoms with E-state index < -0.39 is 0 Å². The normalized spacial score (nSPS) is 24.8. The summed E-state index contributed by atoms with van der Waals surface area (Å²) in [4.78, 5) is 2.10. The number of nitrogens with zero attached hydrogens (tertiary/aromatic N) is 2. The van der Waals surface area contributed by atoms with Crippen LogP contribution in [0.4, 0.5) is 0 Å². The van der Waals surface area contributed by atoms with E-state index in [0.29, 0.717) is 0 Å². The van der Waals surface area contributed by atoms with Crippen molar-refractivity contribution in [2.75, 3.05) is 5.75 Å². The quantitative estimate of drug-likeness (QED) is 0.395. The van der Waals surface area contributed by atoms with Crippen LogP contribution < -0.4 is 0 Å². The molecule has 1 N–H and O–H groups in total. The van der Waals surface area contributed by atoms with Crippen LogP contribution in [0.2, 0.25) is 0 Å². The summed E-state index contributed by atoms with van der Waals surface area (Å²) in [5.41, 5.74) is 0.904. The first-order valence-electron chi connectivity index (χ1n) is 5.33. The van der Waals surface area contributed by atoms with Crippen molar-refractivity contribution in [3.63, 3.8) is 0 Å². The maximum absolute atomic E-state index is 8.75. The number of hydrogen-bond donors (Lipinski definition) is 1. The average Bonchev–Trinajstić information content (AvgIpc) is 2.60. The van der Waals surface area contributed by atoms with Crippen LogP contribution in [0.25, 0.3) is 0 Å². The highest BCUT2D eigenvalue weighted by Gasteiger charge is 2.39. The monoisotopic (exact) mass is 266 g/mol. The Morgan fingerprint density at radius 3 is 2.88 bits per heavy atom. The summed E-state index contributed by atoms with van der Waals surface area (Å²) < 4.78 is 0.858. The van der Waals surface area contributed by atoms with Gasteiger partial charge in [0, 0.05) is 12.3 Å². The first-order chi connectivity index (χ1) is 8.15. The number of benzene rings is 1. The maximum Gasteiger partial charge on any atom is 0.137 e. The molecule has 0 amide bonds. The van der Waals surface area contributed by atoms with Crippen LogP contribution in [0, 0.1) is 0 Å². The molecular formula is C12H14N2OS2. The lowest BCUT2D eigenvalue weighted by Gasteiger charge is -2.31. The van der Waals surface area contributed by atoms with Crippen molar-refractivity contribution >= 4 is 34.5 Å². The molecule has 1 unspecified atom stereocenters. The average molecular weight is 266 g/mol. The van der Waals surface area contributed by atoms with Crippen LogP contribution in [-0.2, 0) is 6.54 Å². The van der Waals surface area contributed by atoms with E-state index in [1.807, 2.05) is 25.1 Å². The summed E-state index contributed by atoms with van der Waals surface area (Å²) in [6.45, 7) is 2.77. The molecule has 2 rings (SSSR count). The molecule has 0 radical (unpaired) electrons. The van der Waals surface area contributed by atoms with Crippen molar-refractivity contribution in [3.05, 3.63) is 35.9 Å². The van der Waals surface area contributed by atoms with Crippen molar-refractivity contribution in [1.29, 1.82) is 0 Å². The summed E-state index contributed by atoms with van der Waals surface area (Å²) in [6, 6.07) is 10.2. The van der Waals surface area contributed by atoms with Gasteiger partial charge in [-0.05, 0) is 12.5 Å². The highest BCUT2D eigenvalue weighted by molar-refractivity contribution is 8.23. The third kappa shape index (κ3) is 2.61. The Morgan fingerprint density at radius 2 is 2.24 bits per heavy atom. The second-order valence-corrected chi connectivity index (χ2v) is 5.84. The Balaban J connectivity index is 2.20. The lowest BCUT2D eigenvalue weighted by molar-refractivity contribution is 0.285. The van der Waals surface area contributed by atoms with Gasteiger partial charge in [-0.15, -0.1) is 0 Å². The molecule has 1 atom stereocenters. The van der Waals surface area contributed by atoms with Gasteiger partial charge in [-0.3, -0.25) is 0 Å². The second-order valence-electron chi connectivity index (χ2n) is 4.23. The van der Waals surface area contributed by atoms with Gasteiger partial charge >= 0.3 is 0 Å². The minimum Gasteiger partial charge on any atom is -0.411 e. The maximum atomic E-state index is 8.75. The molecule has 0 spiro atoms. The van der Waals surface area contributed by atoms with E-state index in [9.17, 15) is 0 Å². The molecular weight excluding hydrogens is 252 g/mol. The predicted octanol–water partition coefficient (Wildman–Crippen LogP) is 2.74. The molecule has 0 bridgehead atoms. The fourth-order valence-electron chi connectivity index (χ4n) is 1.81. The van der Waals surface area contributed by atoms with Gasteiger partial charge in [0.2, 0.25) is 0 Å². The number of hydrogen-bond acceptors (Lipinski definition) is 4. The minimum atomic E-state index is -0.299. The van der Waals surface area contributed by atoms with E-state index in [1.165, 1.54) is 5.56 Å². The van der Waals surface area contributed by atoms with E-state index in [1.54, 1.807) is 18.0 Å². The number of rotatable bonds is 3. The summed E-state index contributed by atoms with van der Waals surface area (Å²) in [5.74, 6) is 0.822. The van der Waals surface area contributed by atoms with Gasteiger partial charge in [0.1, 0.15) is 4.32 Å². The van der Waals surface area contributed by atoms with Crippen molar-refractivity contribution in [3.8, 4) is 0 Å². The minimum absolute atomic E-state index is 0.299. The van der Waals surface area contributed by atoms with Gasteiger partial charge in [0.05, 0.1) is 11.8 Å². The molecule has 1 aliphatic heterocycles. The van der Waals surface area contributed by atoms with Gasteiger partial charge in [-0.25, -0.2) is 0 Å². The molecule has 17 heavy (non-hydrogen) atoms. The molecule has 0 saturated carbocycles. The van der Waals surface area contributed by atoms with Crippen molar-refractivity contribution < 1.29 is 5.21 Å². The standard InChI is InChI=1S/C12H14N2OS2/c1-12(8-13-15)9-17-11(16)14(12)7-10-5-3-2-4-6-10/h2-6,8,15H,7,9H2,1H3/b13-8+. The summed E-state index contributed by atoms with van der Waals surface area (Å²) >= 11 is 6.97. The van der Waals surface area contributed by atoms with E-state index in [4.69, 9.17) is 17.4 Å². The SMILES string of the molecule is CC1(/C=N/O)CSC(=S)N1Cc1ccccc1. The van der Waals surface area contributed by atoms with Gasteiger partial charge in [-0.1, -0.05) is 59.5 Å². The molecule has 1 saturated heterocycles. The van der Waals surface area contributed by atoms with Gasteiger partial charge in [0.15, 0.2) is 0 Å². The second kappa shape index (κ2) is 5.06. The highest BCUT2D eigenvalue weighted by atomic mass is 32.2. The third-order valence-electron chi connectivity index (χ3n) is 2.84. The van der Waals surface area contributed by atoms with Crippen LogP contribution in [0.3, 0.4) is 0 Å². The Bertz CT molecular complexity index is 435. The molecule has 1 aromatic carbocycles. The molecule has 0 aromatic heterocycles. The fraction of sp³-hybridized carbons (Fsp3) is 0.333. The van der Waals surface area contributed by atoms with Gasteiger partial charge < -0.3 is 10.1 Å².